The van der Waals surface area contributed by atoms with Crippen LogP contribution in [0.4, 0.5) is 10.5 Å². The molecule has 0 unspecified atom stereocenters. The summed E-state index contributed by atoms with van der Waals surface area (Å²) in [5, 5.41) is 8.42. The van der Waals surface area contributed by atoms with Gasteiger partial charge in [-0.1, -0.05) is 18.2 Å². The minimum Gasteiger partial charge on any atom is -0.494 e. The number of hydrogen-bond donors (Lipinski definition) is 3. The molecular formula is C20H20IN3O3. The van der Waals surface area contributed by atoms with Crippen molar-refractivity contribution in [2.75, 3.05) is 11.9 Å². The molecule has 0 fully saturated rings. The molecule has 0 spiro atoms. The summed E-state index contributed by atoms with van der Waals surface area (Å²) in [5.74, 6) is 0.358. The molecule has 3 rings (SSSR count). The van der Waals surface area contributed by atoms with Crippen LogP contribution < -0.4 is 20.7 Å². The Morgan fingerprint density at radius 2 is 1.89 bits per heavy atom. The number of ether oxygens (including phenoxy) is 1. The first-order valence-corrected chi connectivity index (χ1v) is 9.64. The lowest BCUT2D eigenvalue weighted by Gasteiger charge is -2.29. The van der Waals surface area contributed by atoms with Crippen LogP contribution in [0.1, 0.15) is 25.5 Å². The Bertz CT molecular complexity index is 894. The third-order valence-electron chi connectivity index (χ3n) is 4.15. The highest BCUT2D eigenvalue weighted by molar-refractivity contribution is 14.1. The summed E-state index contributed by atoms with van der Waals surface area (Å²) < 4.78 is 6.77. The van der Waals surface area contributed by atoms with Gasteiger partial charge in [0, 0.05) is 20.5 Å². The molecule has 6 nitrogen and oxygen atoms in total. The summed E-state index contributed by atoms with van der Waals surface area (Å²) in [4.78, 5) is 25.1. The Morgan fingerprint density at radius 1 is 1.19 bits per heavy atom. The van der Waals surface area contributed by atoms with E-state index in [2.05, 4.69) is 38.5 Å². The topological polar surface area (TPSA) is 79.5 Å². The number of rotatable bonds is 5. The highest BCUT2D eigenvalue weighted by atomic mass is 127. The summed E-state index contributed by atoms with van der Waals surface area (Å²) >= 11 is 2.21. The van der Waals surface area contributed by atoms with Gasteiger partial charge in [0.15, 0.2) is 0 Å². The molecule has 27 heavy (non-hydrogen) atoms. The van der Waals surface area contributed by atoms with Crippen LogP contribution in [-0.2, 0) is 4.79 Å². The van der Waals surface area contributed by atoms with E-state index >= 15 is 0 Å². The second kappa shape index (κ2) is 8.43. The van der Waals surface area contributed by atoms with Gasteiger partial charge >= 0.3 is 6.03 Å². The first kappa shape index (κ1) is 19.2. The maximum atomic E-state index is 13.0. The molecule has 0 saturated carbocycles. The van der Waals surface area contributed by atoms with Gasteiger partial charge in [0.25, 0.3) is 5.91 Å². The number of allylic oxidation sites excluding steroid dienone is 1. The molecule has 0 aliphatic carbocycles. The van der Waals surface area contributed by atoms with Crippen LogP contribution in [0.3, 0.4) is 0 Å². The zero-order valence-corrected chi connectivity index (χ0v) is 17.2. The molecular weight excluding hydrogens is 457 g/mol. The number of urea groups is 1. The van der Waals surface area contributed by atoms with Crippen LogP contribution in [0.5, 0.6) is 5.75 Å². The number of anilines is 1. The van der Waals surface area contributed by atoms with Crippen LogP contribution in [0.15, 0.2) is 59.8 Å². The Labute approximate surface area is 171 Å². The molecule has 0 bridgehead atoms. The minimum absolute atomic E-state index is 0.280. The number of halogens is 1. The Morgan fingerprint density at radius 3 is 2.59 bits per heavy atom. The van der Waals surface area contributed by atoms with Crippen LogP contribution in [0, 0.1) is 3.57 Å². The van der Waals surface area contributed by atoms with Crippen molar-refractivity contribution < 1.29 is 14.3 Å². The normalized spacial score (nSPS) is 16.4. The van der Waals surface area contributed by atoms with Crippen molar-refractivity contribution in [2.24, 2.45) is 0 Å². The van der Waals surface area contributed by atoms with Crippen molar-refractivity contribution in [3.05, 3.63) is 68.9 Å². The van der Waals surface area contributed by atoms with E-state index in [0.29, 0.717) is 29.3 Å². The number of benzene rings is 2. The third-order valence-corrected chi connectivity index (χ3v) is 4.86. The van der Waals surface area contributed by atoms with Crippen molar-refractivity contribution in [2.45, 2.75) is 19.9 Å². The first-order valence-electron chi connectivity index (χ1n) is 8.56. The molecule has 1 heterocycles. The molecule has 0 saturated heterocycles. The average Bonchev–Trinajstić information content (AvgIpc) is 2.63. The molecule has 7 heteroatoms. The quantitative estimate of drug-likeness (QED) is 0.571. The van der Waals surface area contributed by atoms with E-state index in [-0.39, 0.29) is 11.9 Å². The number of carbonyl (C=O) groups excluding carboxylic acids is 2. The first-order chi connectivity index (χ1) is 13.0. The molecule has 2 aromatic carbocycles. The number of hydrogen-bond acceptors (Lipinski definition) is 3. The Balaban J connectivity index is 1.97. The van der Waals surface area contributed by atoms with Crippen molar-refractivity contribution in [1.82, 2.24) is 10.6 Å². The molecule has 140 valence electrons. The average molecular weight is 477 g/mol. The Hall–Kier alpha value is -2.55. The van der Waals surface area contributed by atoms with E-state index in [1.165, 1.54) is 0 Å². The lowest BCUT2D eigenvalue weighted by Crippen LogP contribution is -2.46. The van der Waals surface area contributed by atoms with E-state index < -0.39 is 6.04 Å². The number of amides is 3. The highest BCUT2D eigenvalue weighted by Gasteiger charge is 2.32. The fraction of sp³-hybridized carbons (Fsp3) is 0.200. The van der Waals surface area contributed by atoms with E-state index in [9.17, 15) is 9.59 Å². The van der Waals surface area contributed by atoms with Gasteiger partial charge in [0.05, 0.1) is 18.2 Å². The molecule has 3 amide bonds. The van der Waals surface area contributed by atoms with Gasteiger partial charge in [-0.15, -0.1) is 0 Å². The van der Waals surface area contributed by atoms with Gasteiger partial charge in [-0.05, 0) is 66.8 Å². The monoisotopic (exact) mass is 477 g/mol. The van der Waals surface area contributed by atoms with Crippen molar-refractivity contribution in [1.29, 1.82) is 0 Å². The highest BCUT2D eigenvalue weighted by Crippen LogP contribution is 2.33. The van der Waals surface area contributed by atoms with Crippen molar-refractivity contribution in [3.63, 3.8) is 0 Å². The zero-order valence-electron chi connectivity index (χ0n) is 15.0. The van der Waals surface area contributed by atoms with Crippen LogP contribution in [0.2, 0.25) is 0 Å². The maximum absolute atomic E-state index is 13.0. The Kier molecular flexibility index (Phi) is 6.00. The van der Waals surface area contributed by atoms with E-state index in [1.807, 2.05) is 55.5 Å². The van der Waals surface area contributed by atoms with Crippen LogP contribution in [-0.4, -0.2) is 18.5 Å². The van der Waals surface area contributed by atoms with E-state index in [4.69, 9.17) is 4.74 Å². The summed E-state index contributed by atoms with van der Waals surface area (Å²) in [7, 11) is 0. The lowest BCUT2D eigenvalue weighted by molar-refractivity contribution is -0.113. The van der Waals surface area contributed by atoms with E-state index in [1.54, 1.807) is 6.92 Å². The van der Waals surface area contributed by atoms with Crippen molar-refractivity contribution >= 4 is 40.2 Å². The van der Waals surface area contributed by atoms with Gasteiger partial charge in [-0.25, -0.2) is 4.79 Å². The largest absolute Gasteiger partial charge is 0.494 e. The third kappa shape index (κ3) is 4.41. The fourth-order valence-corrected chi connectivity index (χ4v) is 3.33. The molecule has 0 aromatic heterocycles. The summed E-state index contributed by atoms with van der Waals surface area (Å²) in [6.45, 7) is 4.10. The SMILES string of the molecule is CCOc1ccccc1[C@@H]1NC(=O)NC(C)=C1C(=O)Nc1ccc(I)cc1. The second-order valence-electron chi connectivity index (χ2n) is 6.00. The predicted molar refractivity (Wildman–Crippen MR) is 113 cm³/mol. The molecule has 0 radical (unpaired) electrons. The number of carbonyl (C=O) groups is 2. The molecule has 1 aliphatic rings. The van der Waals surface area contributed by atoms with Gasteiger partial charge in [0.1, 0.15) is 5.75 Å². The molecule has 1 atom stereocenters. The molecule has 2 aromatic rings. The summed E-state index contributed by atoms with van der Waals surface area (Å²) in [6.07, 6.45) is 0. The summed E-state index contributed by atoms with van der Waals surface area (Å²) in [6, 6.07) is 14.0. The molecule has 1 aliphatic heterocycles. The van der Waals surface area contributed by atoms with Gasteiger partial charge in [-0.2, -0.15) is 0 Å². The number of nitrogens with one attached hydrogen (secondary N) is 3. The van der Waals surface area contributed by atoms with Crippen LogP contribution in [0.25, 0.3) is 0 Å². The maximum Gasteiger partial charge on any atom is 0.319 e. The second-order valence-corrected chi connectivity index (χ2v) is 7.25. The van der Waals surface area contributed by atoms with Gasteiger partial charge in [-0.3, -0.25) is 4.79 Å². The predicted octanol–water partition coefficient (Wildman–Crippen LogP) is 3.96. The van der Waals surface area contributed by atoms with Gasteiger partial charge in [0.2, 0.25) is 0 Å². The fourth-order valence-electron chi connectivity index (χ4n) is 2.97. The smallest absolute Gasteiger partial charge is 0.319 e. The van der Waals surface area contributed by atoms with Crippen molar-refractivity contribution in [3.8, 4) is 5.75 Å². The van der Waals surface area contributed by atoms with E-state index in [0.717, 1.165) is 9.13 Å². The lowest BCUT2D eigenvalue weighted by atomic mass is 9.94. The van der Waals surface area contributed by atoms with Crippen LogP contribution >= 0.6 is 22.6 Å². The molecule has 3 N–H and O–H groups in total. The summed E-state index contributed by atoms with van der Waals surface area (Å²) in [5.41, 5.74) is 2.38. The zero-order chi connectivity index (χ0) is 19.4. The minimum atomic E-state index is -0.606. The number of para-hydroxylation sites is 1. The standard InChI is InChI=1S/C20H20IN3O3/c1-3-27-16-7-5-4-6-15(16)18-17(12(2)22-20(26)24-18)19(25)23-14-10-8-13(21)9-11-14/h4-11,18H,3H2,1-2H3,(H,23,25)(H2,22,24,26)/t18-/m0/s1. The van der Waals surface area contributed by atoms with Gasteiger partial charge < -0.3 is 20.7 Å².